The van der Waals surface area contributed by atoms with Crippen LogP contribution in [0, 0.1) is 0 Å². The summed E-state index contributed by atoms with van der Waals surface area (Å²) in [6, 6.07) is 0. The first kappa shape index (κ1) is 8.62. The van der Waals surface area contributed by atoms with Gasteiger partial charge in [0.25, 0.3) is 0 Å². The van der Waals surface area contributed by atoms with Gasteiger partial charge in [-0.3, -0.25) is 4.79 Å². The van der Waals surface area contributed by atoms with Crippen LogP contribution in [0.15, 0.2) is 23.8 Å². The van der Waals surface area contributed by atoms with Gasteiger partial charge in [-0.15, -0.1) is 0 Å². The van der Waals surface area contributed by atoms with Crippen LogP contribution < -0.4 is 0 Å². The Hall–Kier alpha value is -1.38. The monoisotopic (exact) mass is 140 g/mol. The molecule has 0 spiro atoms. The molecule has 3 nitrogen and oxygen atoms in total. The van der Waals surface area contributed by atoms with E-state index in [-0.39, 0.29) is 5.57 Å². The van der Waals surface area contributed by atoms with E-state index < -0.39 is 5.97 Å². The number of hydrogen-bond acceptors (Lipinski definition) is 2. The van der Waals surface area contributed by atoms with Crippen molar-refractivity contribution in [2.24, 2.45) is 0 Å². The third-order valence-electron chi connectivity index (χ3n) is 0.873. The smallest absolute Gasteiger partial charge is 0.331 e. The Morgan fingerprint density at radius 2 is 2.00 bits per heavy atom. The molecule has 0 aliphatic heterocycles. The van der Waals surface area contributed by atoms with Crippen molar-refractivity contribution in [1.29, 1.82) is 0 Å². The van der Waals surface area contributed by atoms with Crippen molar-refractivity contribution in [2.45, 2.75) is 6.92 Å². The van der Waals surface area contributed by atoms with Gasteiger partial charge < -0.3 is 5.11 Å². The first-order valence-electron chi connectivity index (χ1n) is 2.70. The van der Waals surface area contributed by atoms with E-state index in [1.807, 2.05) is 0 Å². The van der Waals surface area contributed by atoms with E-state index in [1.54, 1.807) is 0 Å². The fourth-order valence-electron chi connectivity index (χ4n) is 0.317. The van der Waals surface area contributed by atoms with Crippen LogP contribution >= 0.6 is 0 Å². The summed E-state index contributed by atoms with van der Waals surface area (Å²) in [6.07, 6.45) is 4.56. The zero-order valence-electron chi connectivity index (χ0n) is 5.57. The minimum absolute atomic E-state index is 0.207. The van der Waals surface area contributed by atoms with Crippen LogP contribution in [0.3, 0.4) is 0 Å². The molecule has 0 fully saturated rings. The van der Waals surface area contributed by atoms with Gasteiger partial charge in [-0.1, -0.05) is 12.2 Å². The predicted octanol–water partition coefficient (Wildman–Crippen LogP) is 0.772. The van der Waals surface area contributed by atoms with Gasteiger partial charge in [0.2, 0.25) is 0 Å². The van der Waals surface area contributed by atoms with E-state index in [1.165, 1.54) is 25.2 Å². The number of carbonyl (C=O) groups is 2. The summed E-state index contributed by atoms with van der Waals surface area (Å²) >= 11 is 0. The zero-order chi connectivity index (χ0) is 7.98. The van der Waals surface area contributed by atoms with Crippen molar-refractivity contribution >= 4 is 12.3 Å². The highest BCUT2D eigenvalue weighted by Crippen LogP contribution is 1.91. The molecule has 0 bridgehead atoms. The largest absolute Gasteiger partial charge is 0.478 e. The number of carbonyl (C=O) groups excluding carboxylic acids is 1. The van der Waals surface area contributed by atoms with Crippen LogP contribution in [0.5, 0.6) is 0 Å². The van der Waals surface area contributed by atoms with Crippen molar-refractivity contribution in [3.63, 3.8) is 0 Å². The fraction of sp³-hybridized carbons (Fsp3) is 0.143. The Labute approximate surface area is 58.7 Å². The van der Waals surface area contributed by atoms with Gasteiger partial charge in [0.15, 0.2) is 0 Å². The molecule has 0 saturated heterocycles. The highest BCUT2D eigenvalue weighted by molar-refractivity contribution is 5.86. The molecular formula is C7H8O3. The van der Waals surface area contributed by atoms with Crippen molar-refractivity contribution in [2.75, 3.05) is 0 Å². The molecule has 0 unspecified atom stereocenters. The molecule has 0 heterocycles. The normalized spacial score (nSPS) is 11.9. The molecule has 0 aromatic rings. The third kappa shape index (κ3) is 3.60. The molecule has 0 saturated carbocycles. The van der Waals surface area contributed by atoms with Gasteiger partial charge in [-0.2, -0.15) is 0 Å². The molecular weight excluding hydrogens is 132 g/mol. The number of carboxylic acid groups (broad SMARTS) is 1. The van der Waals surface area contributed by atoms with Gasteiger partial charge in [-0.25, -0.2) is 4.79 Å². The number of rotatable bonds is 3. The molecule has 54 valence electrons. The second-order valence-corrected chi connectivity index (χ2v) is 1.68. The van der Waals surface area contributed by atoms with Gasteiger partial charge in [-0.05, 0) is 13.0 Å². The summed E-state index contributed by atoms with van der Waals surface area (Å²) in [6.45, 7) is 1.46. The summed E-state index contributed by atoms with van der Waals surface area (Å²) in [5, 5.41) is 8.29. The van der Waals surface area contributed by atoms with E-state index >= 15 is 0 Å². The summed E-state index contributed by atoms with van der Waals surface area (Å²) in [7, 11) is 0. The Kier molecular flexibility index (Phi) is 3.87. The third-order valence-corrected chi connectivity index (χ3v) is 0.873. The van der Waals surface area contributed by atoms with Crippen molar-refractivity contribution in [1.82, 2.24) is 0 Å². The van der Waals surface area contributed by atoms with E-state index in [0.29, 0.717) is 6.29 Å². The standard InChI is InChI=1S/C7H8O3/c1-6(7(9)10)4-2-3-5-8/h2-5H,1H3,(H,9,10). The number of allylic oxidation sites excluding steroid dienone is 3. The number of hydrogen-bond donors (Lipinski definition) is 1. The number of carboxylic acids is 1. The Bertz CT molecular complexity index is 189. The Morgan fingerprint density at radius 1 is 1.40 bits per heavy atom. The van der Waals surface area contributed by atoms with E-state index in [4.69, 9.17) is 5.11 Å². The first-order chi connectivity index (χ1) is 4.68. The average Bonchev–Trinajstić information content (AvgIpc) is 1.88. The zero-order valence-corrected chi connectivity index (χ0v) is 5.57. The van der Waals surface area contributed by atoms with Gasteiger partial charge >= 0.3 is 5.97 Å². The summed E-state index contributed by atoms with van der Waals surface area (Å²) in [4.78, 5) is 19.8. The molecule has 3 heteroatoms. The second kappa shape index (κ2) is 4.49. The number of aldehydes is 1. The van der Waals surface area contributed by atoms with Crippen LogP contribution in [0.1, 0.15) is 6.92 Å². The summed E-state index contributed by atoms with van der Waals surface area (Å²) in [5.74, 6) is -0.976. The van der Waals surface area contributed by atoms with Crippen LogP contribution in [-0.2, 0) is 9.59 Å². The molecule has 0 aliphatic rings. The van der Waals surface area contributed by atoms with Gasteiger partial charge in [0, 0.05) is 5.57 Å². The highest BCUT2D eigenvalue weighted by Gasteiger charge is 1.94. The molecule has 0 atom stereocenters. The lowest BCUT2D eigenvalue weighted by Crippen LogP contribution is -1.94. The Balaban J connectivity index is 4.04. The predicted molar refractivity (Wildman–Crippen MR) is 36.6 cm³/mol. The molecule has 0 aromatic heterocycles. The molecule has 0 aromatic carbocycles. The van der Waals surface area contributed by atoms with Crippen LogP contribution in [-0.4, -0.2) is 17.4 Å². The van der Waals surface area contributed by atoms with Crippen LogP contribution in [0.2, 0.25) is 0 Å². The van der Waals surface area contributed by atoms with E-state index in [9.17, 15) is 9.59 Å². The van der Waals surface area contributed by atoms with Crippen molar-refractivity contribution < 1.29 is 14.7 Å². The average molecular weight is 140 g/mol. The lowest BCUT2D eigenvalue weighted by Gasteiger charge is -1.85. The fourth-order valence-corrected chi connectivity index (χ4v) is 0.317. The SMILES string of the molecule is CC(=CC=CC=O)C(=O)O. The summed E-state index contributed by atoms with van der Waals surface area (Å²) in [5.41, 5.74) is 0.207. The van der Waals surface area contributed by atoms with Gasteiger partial charge in [0.05, 0.1) is 0 Å². The van der Waals surface area contributed by atoms with Crippen molar-refractivity contribution in [3.8, 4) is 0 Å². The van der Waals surface area contributed by atoms with Gasteiger partial charge in [0.1, 0.15) is 6.29 Å². The maximum atomic E-state index is 10.1. The lowest BCUT2D eigenvalue weighted by molar-refractivity contribution is -0.132. The molecule has 0 amide bonds. The maximum absolute atomic E-state index is 10.1. The second-order valence-electron chi connectivity index (χ2n) is 1.68. The minimum atomic E-state index is -0.976. The Morgan fingerprint density at radius 3 is 2.40 bits per heavy atom. The molecule has 1 N–H and O–H groups in total. The van der Waals surface area contributed by atoms with Crippen molar-refractivity contribution in [3.05, 3.63) is 23.8 Å². The highest BCUT2D eigenvalue weighted by atomic mass is 16.4. The summed E-state index contributed by atoms with van der Waals surface area (Å²) < 4.78 is 0. The van der Waals surface area contributed by atoms with Crippen LogP contribution in [0.25, 0.3) is 0 Å². The lowest BCUT2D eigenvalue weighted by atomic mass is 10.3. The molecule has 0 aliphatic carbocycles. The topological polar surface area (TPSA) is 54.4 Å². The quantitative estimate of drug-likeness (QED) is 0.358. The molecule has 0 radical (unpaired) electrons. The molecule has 0 rings (SSSR count). The maximum Gasteiger partial charge on any atom is 0.331 e. The van der Waals surface area contributed by atoms with E-state index in [0.717, 1.165) is 0 Å². The minimum Gasteiger partial charge on any atom is -0.478 e. The first-order valence-corrected chi connectivity index (χ1v) is 2.70. The number of aliphatic carboxylic acids is 1. The molecule has 10 heavy (non-hydrogen) atoms. The van der Waals surface area contributed by atoms with E-state index in [2.05, 4.69) is 0 Å². The van der Waals surface area contributed by atoms with Crippen LogP contribution in [0.4, 0.5) is 0 Å².